The van der Waals surface area contributed by atoms with Crippen molar-refractivity contribution in [2.24, 2.45) is 0 Å². The van der Waals surface area contributed by atoms with Crippen molar-refractivity contribution in [2.45, 2.75) is 24.2 Å². The molecular formula is C12H18FNO4S. The van der Waals surface area contributed by atoms with Crippen LogP contribution in [-0.2, 0) is 19.3 Å². The molecule has 0 spiro atoms. The second-order valence-corrected chi connectivity index (χ2v) is 6.20. The van der Waals surface area contributed by atoms with E-state index in [9.17, 15) is 12.8 Å². The quantitative estimate of drug-likeness (QED) is 0.638. The van der Waals surface area contributed by atoms with E-state index >= 15 is 0 Å². The van der Waals surface area contributed by atoms with Gasteiger partial charge in [-0.3, -0.25) is 0 Å². The number of rotatable bonds is 6. The summed E-state index contributed by atoms with van der Waals surface area (Å²) in [5, 5.41) is 2.84. The van der Waals surface area contributed by atoms with Gasteiger partial charge in [0.1, 0.15) is 5.82 Å². The van der Waals surface area contributed by atoms with Crippen LogP contribution in [0.25, 0.3) is 0 Å². The van der Waals surface area contributed by atoms with E-state index in [0.29, 0.717) is 0 Å². The molecule has 1 N–H and O–H groups in total. The topological polar surface area (TPSA) is 64.6 Å². The first kappa shape index (κ1) is 15.9. The lowest BCUT2D eigenvalue weighted by molar-refractivity contribution is -0.109. The third-order valence-electron chi connectivity index (χ3n) is 2.62. The van der Waals surface area contributed by atoms with Crippen molar-refractivity contribution in [3.05, 3.63) is 24.0 Å². The second kappa shape index (κ2) is 6.31. The Hall–Kier alpha value is -1.18. The molecule has 0 amide bonds. The van der Waals surface area contributed by atoms with Crippen molar-refractivity contribution >= 4 is 15.5 Å². The number of halogens is 1. The van der Waals surface area contributed by atoms with E-state index in [1.165, 1.54) is 26.4 Å². The highest BCUT2D eigenvalue weighted by Gasteiger charge is 2.18. The number of methoxy groups -OCH3 is 2. The van der Waals surface area contributed by atoms with Crippen LogP contribution in [0.3, 0.4) is 0 Å². The third-order valence-corrected chi connectivity index (χ3v) is 3.73. The van der Waals surface area contributed by atoms with Crippen LogP contribution in [0.4, 0.5) is 10.1 Å². The second-order valence-electron chi connectivity index (χ2n) is 4.19. The highest BCUT2D eigenvalue weighted by molar-refractivity contribution is 7.90. The molecule has 0 bridgehead atoms. The lowest BCUT2D eigenvalue weighted by Crippen LogP contribution is -2.34. The molecule has 0 saturated heterocycles. The predicted molar refractivity (Wildman–Crippen MR) is 70.4 cm³/mol. The van der Waals surface area contributed by atoms with Crippen LogP contribution in [0.5, 0.6) is 0 Å². The summed E-state index contributed by atoms with van der Waals surface area (Å²) in [6.07, 6.45) is 0.502. The highest BCUT2D eigenvalue weighted by Crippen LogP contribution is 2.21. The summed E-state index contributed by atoms with van der Waals surface area (Å²) >= 11 is 0. The largest absolute Gasteiger partial charge is 0.375 e. The van der Waals surface area contributed by atoms with E-state index in [2.05, 4.69) is 5.32 Å². The van der Waals surface area contributed by atoms with Crippen molar-refractivity contribution in [3.63, 3.8) is 0 Å². The van der Waals surface area contributed by atoms with Gasteiger partial charge in [-0.2, -0.15) is 0 Å². The molecule has 0 aliphatic rings. The fraction of sp³-hybridized carbons (Fsp3) is 0.500. The van der Waals surface area contributed by atoms with Crippen molar-refractivity contribution in [1.29, 1.82) is 0 Å². The number of ether oxygens (including phenoxy) is 2. The number of benzene rings is 1. The Bertz CT molecular complexity index is 529. The number of hydrogen-bond acceptors (Lipinski definition) is 5. The van der Waals surface area contributed by atoms with Gasteiger partial charge in [-0.25, -0.2) is 12.8 Å². The summed E-state index contributed by atoms with van der Waals surface area (Å²) in [5.41, 5.74) is 0.0922. The first-order chi connectivity index (χ1) is 8.79. The van der Waals surface area contributed by atoms with Gasteiger partial charge < -0.3 is 14.8 Å². The molecular weight excluding hydrogens is 273 g/mol. The van der Waals surface area contributed by atoms with Crippen LogP contribution in [0, 0.1) is 5.82 Å². The van der Waals surface area contributed by atoms with Gasteiger partial charge in [-0.05, 0) is 25.1 Å². The Balaban J connectivity index is 3.01. The minimum atomic E-state index is -3.38. The summed E-state index contributed by atoms with van der Waals surface area (Å²) in [7, 11) is -0.443. The summed E-state index contributed by atoms with van der Waals surface area (Å²) in [5.74, 6) is -0.537. The molecule has 1 rings (SSSR count). The van der Waals surface area contributed by atoms with E-state index in [0.717, 1.165) is 12.3 Å². The van der Waals surface area contributed by atoms with Gasteiger partial charge >= 0.3 is 0 Å². The molecule has 0 aliphatic heterocycles. The van der Waals surface area contributed by atoms with Gasteiger partial charge in [0, 0.05) is 20.5 Å². The van der Waals surface area contributed by atoms with Crippen molar-refractivity contribution in [1.82, 2.24) is 0 Å². The van der Waals surface area contributed by atoms with Crippen LogP contribution in [0.2, 0.25) is 0 Å². The SMILES string of the molecule is COC(OC)C(C)Nc1cc(S(C)(=O)=O)ccc1F. The zero-order valence-corrected chi connectivity index (χ0v) is 12.1. The van der Waals surface area contributed by atoms with Gasteiger partial charge in [0.2, 0.25) is 0 Å². The van der Waals surface area contributed by atoms with Crippen molar-refractivity contribution in [2.75, 3.05) is 25.8 Å². The molecule has 19 heavy (non-hydrogen) atoms. The molecule has 1 unspecified atom stereocenters. The molecule has 108 valence electrons. The zero-order valence-electron chi connectivity index (χ0n) is 11.3. The summed E-state index contributed by atoms with van der Waals surface area (Å²) < 4.78 is 46.6. The summed E-state index contributed by atoms with van der Waals surface area (Å²) in [6.45, 7) is 1.74. The van der Waals surface area contributed by atoms with E-state index < -0.39 is 21.9 Å². The Morgan fingerprint density at radius 3 is 2.32 bits per heavy atom. The number of nitrogens with one attached hydrogen (secondary N) is 1. The zero-order chi connectivity index (χ0) is 14.6. The maximum Gasteiger partial charge on any atom is 0.176 e. The normalized spacial score (nSPS) is 13.6. The van der Waals surface area contributed by atoms with Crippen LogP contribution < -0.4 is 5.32 Å². The first-order valence-corrected chi connectivity index (χ1v) is 7.50. The van der Waals surface area contributed by atoms with Crippen molar-refractivity contribution < 1.29 is 22.3 Å². The van der Waals surface area contributed by atoms with Gasteiger partial charge in [-0.15, -0.1) is 0 Å². The molecule has 1 aromatic carbocycles. The molecule has 1 atom stereocenters. The average Bonchev–Trinajstić information content (AvgIpc) is 2.32. The molecule has 5 nitrogen and oxygen atoms in total. The Kier molecular flexibility index (Phi) is 5.28. The average molecular weight is 291 g/mol. The van der Waals surface area contributed by atoms with E-state index in [1.54, 1.807) is 6.92 Å². The first-order valence-electron chi connectivity index (χ1n) is 5.61. The van der Waals surface area contributed by atoms with Crippen LogP contribution in [0.1, 0.15) is 6.92 Å². The molecule has 0 heterocycles. The monoisotopic (exact) mass is 291 g/mol. The Morgan fingerprint density at radius 1 is 1.26 bits per heavy atom. The number of sulfone groups is 1. The van der Waals surface area contributed by atoms with Crippen LogP contribution in [-0.4, -0.2) is 41.2 Å². The molecule has 0 radical (unpaired) electrons. The molecule has 7 heteroatoms. The standard InChI is InChI=1S/C12H18FNO4S/c1-8(12(17-2)18-3)14-11-7-9(19(4,15)16)5-6-10(11)13/h5-8,12,14H,1-4H3. The van der Waals surface area contributed by atoms with Gasteiger partial charge in [0.15, 0.2) is 16.1 Å². The molecule has 0 aliphatic carbocycles. The predicted octanol–water partition coefficient (Wildman–Crippen LogP) is 1.65. The van der Waals surface area contributed by atoms with E-state index in [1.807, 2.05) is 0 Å². The highest BCUT2D eigenvalue weighted by atomic mass is 32.2. The fourth-order valence-electron chi connectivity index (χ4n) is 1.66. The maximum atomic E-state index is 13.7. The molecule has 0 fully saturated rings. The Labute approximate surface area is 112 Å². The molecule has 1 aromatic rings. The minimum absolute atomic E-state index is 0.0509. The van der Waals surface area contributed by atoms with E-state index in [-0.39, 0.29) is 16.6 Å². The summed E-state index contributed by atoms with van der Waals surface area (Å²) in [6, 6.07) is 3.24. The Morgan fingerprint density at radius 2 is 1.84 bits per heavy atom. The van der Waals surface area contributed by atoms with E-state index in [4.69, 9.17) is 9.47 Å². The lowest BCUT2D eigenvalue weighted by Gasteiger charge is -2.23. The van der Waals surface area contributed by atoms with Crippen molar-refractivity contribution in [3.8, 4) is 0 Å². The van der Waals surface area contributed by atoms with Crippen LogP contribution in [0.15, 0.2) is 23.1 Å². The lowest BCUT2D eigenvalue weighted by atomic mass is 10.2. The number of anilines is 1. The third kappa shape index (κ3) is 4.15. The molecule has 0 aromatic heterocycles. The number of hydrogen-bond donors (Lipinski definition) is 1. The minimum Gasteiger partial charge on any atom is -0.375 e. The van der Waals surface area contributed by atoms with Gasteiger partial charge in [0.05, 0.1) is 16.6 Å². The van der Waals surface area contributed by atoms with Crippen LogP contribution >= 0.6 is 0 Å². The van der Waals surface area contributed by atoms with Gasteiger partial charge in [0.25, 0.3) is 0 Å². The maximum absolute atomic E-state index is 13.7. The fourth-order valence-corrected chi connectivity index (χ4v) is 2.31. The smallest absolute Gasteiger partial charge is 0.176 e. The molecule has 0 saturated carbocycles. The van der Waals surface area contributed by atoms with Gasteiger partial charge in [-0.1, -0.05) is 0 Å². The summed E-state index contributed by atoms with van der Waals surface area (Å²) in [4.78, 5) is 0.0509.